The first-order valence-electron chi connectivity index (χ1n) is 5.45. The Morgan fingerprint density at radius 1 is 0.941 bits per heavy atom. The molecule has 3 heteroatoms. The minimum absolute atomic E-state index is 1.07. The number of aryl methyl sites for hydroxylation is 2. The van der Waals surface area contributed by atoms with Gasteiger partial charge in [0.2, 0.25) is 0 Å². The van der Waals surface area contributed by atoms with Crippen LogP contribution in [-0.2, 0) is 0 Å². The van der Waals surface area contributed by atoms with Crippen LogP contribution in [0, 0.1) is 13.8 Å². The fraction of sp³-hybridized carbons (Fsp3) is 0.143. The van der Waals surface area contributed by atoms with E-state index in [2.05, 4.69) is 16.0 Å². The van der Waals surface area contributed by atoms with Gasteiger partial charge in [-0.1, -0.05) is 18.2 Å². The monoisotopic (exact) mass is 242 g/mol. The van der Waals surface area contributed by atoms with E-state index in [1.807, 2.05) is 50.2 Å². The van der Waals surface area contributed by atoms with Crippen molar-refractivity contribution in [2.75, 3.05) is 0 Å². The minimum Gasteiger partial charge on any atom is -0.262 e. The Morgan fingerprint density at radius 2 is 1.71 bits per heavy atom. The summed E-state index contributed by atoms with van der Waals surface area (Å²) < 4.78 is 1.28. The number of hydrogen-bond donors (Lipinski definition) is 0. The van der Waals surface area contributed by atoms with Crippen molar-refractivity contribution >= 4 is 21.6 Å². The number of rotatable bonds is 0. The van der Waals surface area contributed by atoms with Gasteiger partial charge in [-0.3, -0.25) is 4.98 Å². The van der Waals surface area contributed by atoms with Crippen LogP contribution in [0.4, 0.5) is 0 Å². The van der Waals surface area contributed by atoms with E-state index in [4.69, 9.17) is 0 Å². The summed E-state index contributed by atoms with van der Waals surface area (Å²) in [7, 11) is 0. The Hall–Kier alpha value is -1.74. The highest BCUT2D eigenvalue weighted by Gasteiger charge is 1.95. The van der Waals surface area contributed by atoms with Gasteiger partial charge in [0.15, 0.2) is 0 Å². The molecular formula is C14H14N2S. The Balaban J connectivity index is 0.000000136. The lowest BCUT2D eigenvalue weighted by molar-refractivity contribution is 1.20. The number of thiazole rings is 1. The average molecular weight is 242 g/mol. The third-order valence-corrected chi connectivity index (χ3v) is 3.17. The van der Waals surface area contributed by atoms with E-state index in [1.54, 1.807) is 17.5 Å². The molecule has 0 aliphatic carbocycles. The first-order chi connectivity index (χ1) is 8.25. The first kappa shape index (κ1) is 11.7. The van der Waals surface area contributed by atoms with Crippen LogP contribution in [-0.4, -0.2) is 9.97 Å². The zero-order valence-corrected chi connectivity index (χ0v) is 10.7. The van der Waals surface area contributed by atoms with Crippen molar-refractivity contribution in [3.63, 3.8) is 0 Å². The molecule has 3 aromatic rings. The molecular weight excluding hydrogens is 228 g/mol. The van der Waals surface area contributed by atoms with Gasteiger partial charge in [0.25, 0.3) is 0 Å². The van der Waals surface area contributed by atoms with E-state index in [0.29, 0.717) is 0 Å². The molecule has 0 saturated heterocycles. The zero-order chi connectivity index (χ0) is 12.1. The molecule has 2 heterocycles. The van der Waals surface area contributed by atoms with Crippen LogP contribution < -0.4 is 0 Å². The third kappa shape index (κ3) is 3.36. The smallest absolute Gasteiger partial charge is 0.0907 e. The molecule has 0 aliphatic rings. The standard InChI is InChI=1S/C8H7NS.C6H7N/c1-6-9-7-4-2-3-5-8(7)10-6;1-6-4-2-3-5-7-6/h2-5H,1H3;2-5H,1H3. The molecule has 0 atom stereocenters. The molecule has 0 aliphatic heterocycles. The molecule has 0 bridgehead atoms. The summed E-state index contributed by atoms with van der Waals surface area (Å²) >= 11 is 1.74. The second-order valence-corrected chi connectivity index (χ2v) is 4.91. The number of benzene rings is 1. The number of fused-ring (bicyclic) bond motifs is 1. The second kappa shape index (κ2) is 5.55. The van der Waals surface area contributed by atoms with Gasteiger partial charge in [0.1, 0.15) is 0 Å². The van der Waals surface area contributed by atoms with Crippen LogP contribution in [0.3, 0.4) is 0 Å². The molecule has 0 radical (unpaired) electrons. The molecule has 86 valence electrons. The predicted octanol–water partition coefficient (Wildman–Crippen LogP) is 3.99. The maximum absolute atomic E-state index is 4.33. The number of para-hydroxylation sites is 1. The SMILES string of the molecule is Cc1ccccn1.Cc1nc2ccccc2s1. The summed E-state index contributed by atoms with van der Waals surface area (Å²) in [6.45, 7) is 4.00. The molecule has 0 N–H and O–H groups in total. The van der Waals surface area contributed by atoms with Crippen LogP contribution in [0.15, 0.2) is 48.7 Å². The molecule has 2 nitrogen and oxygen atoms in total. The summed E-state index contributed by atoms with van der Waals surface area (Å²) in [4.78, 5) is 8.31. The first-order valence-corrected chi connectivity index (χ1v) is 6.27. The van der Waals surface area contributed by atoms with Crippen molar-refractivity contribution in [2.45, 2.75) is 13.8 Å². The van der Waals surface area contributed by atoms with Crippen molar-refractivity contribution in [1.29, 1.82) is 0 Å². The van der Waals surface area contributed by atoms with Gasteiger partial charge >= 0.3 is 0 Å². The van der Waals surface area contributed by atoms with Gasteiger partial charge in [-0.25, -0.2) is 4.98 Å². The zero-order valence-electron chi connectivity index (χ0n) is 9.92. The molecule has 0 unspecified atom stereocenters. The number of aromatic nitrogens is 2. The Morgan fingerprint density at radius 3 is 2.29 bits per heavy atom. The maximum Gasteiger partial charge on any atom is 0.0907 e. The van der Waals surface area contributed by atoms with E-state index >= 15 is 0 Å². The molecule has 0 fully saturated rings. The number of hydrogen-bond acceptors (Lipinski definition) is 3. The van der Waals surface area contributed by atoms with Crippen LogP contribution in [0.5, 0.6) is 0 Å². The minimum atomic E-state index is 1.07. The molecule has 0 saturated carbocycles. The van der Waals surface area contributed by atoms with Gasteiger partial charge < -0.3 is 0 Å². The van der Waals surface area contributed by atoms with Gasteiger partial charge in [-0.15, -0.1) is 11.3 Å². The molecule has 2 aromatic heterocycles. The average Bonchev–Trinajstić information content (AvgIpc) is 2.71. The largest absolute Gasteiger partial charge is 0.262 e. The fourth-order valence-electron chi connectivity index (χ4n) is 1.44. The van der Waals surface area contributed by atoms with Crippen LogP contribution in [0.1, 0.15) is 10.7 Å². The summed E-state index contributed by atoms with van der Waals surface area (Å²) in [6.07, 6.45) is 1.79. The van der Waals surface area contributed by atoms with E-state index in [0.717, 1.165) is 16.2 Å². The highest BCUT2D eigenvalue weighted by molar-refractivity contribution is 7.18. The quantitative estimate of drug-likeness (QED) is 0.595. The van der Waals surface area contributed by atoms with Crippen LogP contribution >= 0.6 is 11.3 Å². The van der Waals surface area contributed by atoms with Gasteiger partial charge in [0, 0.05) is 11.9 Å². The fourth-order valence-corrected chi connectivity index (χ4v) is 2.26. The Labute approximate surface area is 105 Å². The van der Waals surface area contributed by atoms with Crippen molar-refractivity contribution < 1.29 is 0 Å². The highest BCUT2D eigenvalue weighted by atomic mass is 32.1. The van der Waals surface area contributed by atoms with E-state index in [1.165, 1.54) is 4.70 Å². The molecule has 3 rings (SSSR count). The van der Waals surface area contributed by atoms with Gasteiger partial charge in [-0.05, 0) is 38.1 Å². The van der Waals surface area contributed by atoms with Crippen molar-refractivity contribution in [1.82, 2.24) is 9.97 Å². The van der Waals surface area contributed by atoms with Crippen molar-refractivity contribution in [3.05, 3.63) is 59.4 Å². The third-order valence-electron chi connectivity index (χ3n) is 2.21. The second-order valence-electron chi connectivity index (χ2n) is 3.67. The van der Waals surface area contributed by atoms with Crippen molar-refractivity contribution in [2.24, 2.45) is 0 Å². The Bertz CT molecular complexity index is 554. The van der Waals surface area contributed by atoms with E-state index in [-0.39, 0.29) is 0 Å². The molecule has 1 aromatic carbocycles. The number of nitrogens with zero attached hydrogens (tertiary/aromatic N) is 2. The predicted molar refractivity (Wildman–Crippen MR) is 73.3 cm³/mol. The lowest BCUT2D eigenvalue weighted by Gasteiger charge is -1.82. The molecule has 0 amide bonds. The summed E-state index contributed by atoms with van der Waals surface area (Å²) in [5, 5.41) is 1.14. The lowest BCUT2D eigenvalue weighted by atomic mass is 10.3. The van der Waals surface area contributed by atoms with Crippen molar-refractivity contribution in [3.8, 4) is 0 Å². The van der Waals surface area contributed by atoms with Gasteiger partial charge in [-0.2, -0.15) is 0 Å². The number of pyridine rings is 1. The molecule has 0 spiro atoms. The van der Waals surface area contributed by atoms with E-state index < -0.39 is 0 Å². The topological polar surface area (TPSA) is 25.8 Å². The highest BCUT2D eigenvalue weighted by Crippen LogP contribution is 2.19. The molecule has 17 heavy (non-hydrogen) atoms. The van der Waals surface area contributed by atoms with Crippen LogP contribution in [0.2, 0.25) is 0 Å². The van der Waals surface area contributed by atoms with E-state index in [9.17, 15) is 0 Å². The summed E-state index contributed by atoms with van der Waals surface area (Å²) in [5.41, 5.74) is 2.19. The van der Waals surface area contributed by atoms with Gasteiger partial charge in [0.05, 0.1) is 15.2 Å². The summed E-state index contributed by atoms with van der Waals surface area (Å²) in [5.74, 6) is 0. The maximum atomic E-state index is 4.33. The van der Waals surface area contributed by atoms with Crippen LogP contribution in [0.25, 0.3) is 10.2 Å². The Kier molecular flexibility index (Phi) is 3.83. The normalized spacial score (nSPS) is 9.76. The lowest BCUT2D eigenvalue weighted by Crippen LogP contribution is -1.72. The summed E-state index contributed by atoms with van der Waals surface area (Å²) in [6, 6.07) is 14.1.